The second kappa shape index (κ2) is 12.4. The largest absolute Gasteiger partial charge is 0.370 e. The van der Waals surface area contributed by atoms with Crippen molar-refractivity contribution in [2.45, 2.75) is 92.5 Å². The Hall–Kier alpha value is -2.04. The number of likely N-dealkylation sites (tertiary alicyclic amines) is 1. The van der Waals surface area contributed by atoms with E-state index < -0.39 is 0 Å². The molecular weight excluding hydrogens is 410 g/mol. The van der Waals surface area contributed by atoms with Gasteiger partial charge in [-0.2, -0.15) is 0 Å². The zero-order chi connectivity index (χ0) is 24.6. The van der Waals surface area contributed by atoms with E-state index in [0.717, 1.165) is 45.3 Å². The molecule has 0 aliphatic carbocycles. The fraction of sp³-hybridized carbons (Fsp3) is 0.714. The highest BCUT2D eigenvalue weighted by Gasteiger charge is 2.28. The molecule has 1 aliphatic rings. The van der Waals surface area contributed by atoms with Gasteiger partial charge in [0.2, 0.25) is 11.8 Å². The first-order valence-electron chi connectivity index (χ1n) is 12.9. The van der Waals surface area contributed by atoms with Gasteiger partial charge in [0.15, 0.2) is 0 Å². The van der Waals surface area contributed by atoms with Gasteiger partial charge in [-0.3, -0.25) is 9.59 Å². The Bertz CT molecular complexity index is 743. The Morgan fingerprint density at radius 1 is 1.06 bits per heavy atom. The Kier molecular flexibility index (Phi) is 10.2. The highest BCUT2D eigenvalue weighted by atomic mass is 16.2. The molecular formula is C28H47N3O2. The molecule has 1 aromatic rings. The molecule has 1 saturated heterocycles. The SMILES string of the molecule is CC(C)CCN(c1ccc(CCC(C)(C)C)cc1)C1CCN(C(=O)CC(C)CC(N)=O)CC1. The molecule has 186 valence electrons. The number of anilines is 1. The van der Waals surface area contributed by atoms with Crippen LogP contribution in [0.1, 0.15) is 85.6 Å². The van der Waals surface area contributed by atoms with Crippen molar-refractivity contribution in [3.8, 4) is 0 Å². The number of primary amides is 1. The van der Waals surface area contributed by atoms with Crippen molar-refractivity contribution < 1.29 is 9.59 Å². The number of carbonyl (C=O) groups is 2. The molecule has 1 aliphatic heterocycles. The Morgan fingerprint density at radius 2 is 1.67 bits per heavy atom. The van der Waals surface area contributed by atoms with Crippen LogP contribution in [-0.4, -0.2) is 42.4 Å². The van der Waals surface area contributed by atoms with Crippen molar-refractivity contribution in [2.24, 2.45) is 23.0 Å². The van der Waals surface area contributed by atoms with E-state index in [0.29, 0.717) is 23.8 Å². The lowest BCUT2D eigenvalue weighted by molar-refractivity contribution is -0.133. The summed E-state index contributed by atoms with van der Waals surface area (Å²) in [4.78, 5) is 28.4. The monoisotopic (exact) mass is 457 g/mol. The molecule has 5 nitrogen and oxygen atoms in total. The fourth-order valence-corrected chi connectivity index (χ4v) is 4.56. The molecule has 1 heterocycles. The number of rotatable bonds is 11. The van der Waals surface area contributed by atoms with Gasteiger partial charge in [0.25, 0.3) is 0 Å². The number of carbonyl (C=O) groups excluding carboxylic acids is 2. The number of benzene rings is 1. The molecule has 2 N–H and O–H groups in total. The van der Waals surface area contributed by atoms with Crippen molar-refractivity contribution >= 4 is 17.5 Å². The fourth-order valence-electron chi connectivity index (χ4n) is 4.56. The number of nitrogens with two attached hydrogens (primary N) is 1. The van der Waals surface area contributed by atoms with Crippen molar-refractivity contribution in [3.63, 3.8) is 0 Å². The van der Waals surface area contributed by atoms with Crippen LogP contribution < -0.4 is 10.6 Å². The van der Waals surface area contributed by atoms with Gasteiger partial charge < -0.3 is 15.5 Å². The number of aryl methyl sites for hydroxylation is 1. The topological polar surface area (TPSA) is 66.6 Å². The van der Waals surface area contributed by atoms with E-state index in [1.54, 1.807) is 0 Å². The van der Waals surface area contributed by atoms with Gasteiger partial charge in [-0.15, -0.1) is 0 Å². The summed E-state index contributed by atoms with van der Waals surface area (Å²) in [6.45, 7) is 16.0. The van der Waals surface area contributed by atoms with Gasteiger partial charge in [-0.05, 0) is 67.1 Å². The van der Waals surface area contributed by atoms with Crippen LogP contribution >= 0.6 is 0 Å². The third-order valence-electron chi connectivity index (χ3n) is 6.71. The summed E-state index contributed by atoms with van der Waals surface area (Å²) in [5.74, 6) is 0.484. The summed E-state index contributed by atoms with van der Waals surface area (Å²) in [5.41, 5.74) is 8.34. The summed E-state index contributed by atoms with van der Waals surface area (Å²) >= 11 is 0. The van der Waals surface area contributed by atoms with Crippen molar-refractivity contribution in [2.75, 3.05) is 24.5 Å². The molecule has 2 rings (SSSR count). The predicted molar refractivity (Wildman–Crippen MR) is 138 cm³/mol. The summed E-state index contributed by atoms with van der Waals surface area (Å²) < 4.78 is 0. The molecule has 0 saturated carbocycles. The molecule has 0 aromatic heterocycles. The lowest BCUT2D eigenvalue weighted by Gasteiger charge is -2.40. The molecule has 0 radical (unpaired) electrons. The molecule has 2 amide bonds. The van der Waals surface area contributed by atoms with E-state index in [4.69, 9.17) is 5.73 Å². The molecule has 1 aromatic carbocycles. The average Bonchev–Trinajstić information content (AvgIpc) is 2.72. The normalized spacial score (nSPS) is 16.2. The first-order valence-corrected chi connectivity index (χ1v) is 12.9. The van der Waals surface area contributed by atoms with Crippen LogP contribution in [0.2, 0.25) is 0 Å². The number of hydrogen-bond acceptors (Lipinski definition) is 3. The van der Waals surface area contributed by atoms with E-state index in [1.165, 1.54) is 17.7 Å². The van der Waals surface area contributed by atoms with Crippen LogP contribution in [0.15, 0.2) is 24.3 Å². The van der Waals surface area contributed by atoms with Crippen LogP contribution in [-0.2, 0) is 16.0 Å². The second-order valence-electron chi connectivity index (χ2n) is 11.7. The molecule has 1 atom stereocenters. The van der Waals surface area contributed by atoms with Gasteiger partial charge in [-0.1, -0.05) is 53.7 Å². The van der Waals surface area contributed by atoms with Crippen molar-refractivity contribution in [1.29, 1.82) is 0 Å². The van der Waals surface area contributed by atoms with Crippen LogP contribution in [0, 0.1) is 17.3 Å². The minimum Gasteiger partial charge on any atom is -0.370 e. The Labute approximate surface area is 202 Å². The lowest BCUT2D eigenvalue weighted by Crippen LogP contribution is -2.47. The van der Waals surface area contributed by atoms with Crippen LogP contribution in [0.4, 0.5) is 5.69 Å². The quantitative estimate of drug-likeness (QED) is 0.483. The maximum absolute atomic E-state index is 12.7. The van der Waals surface area contributed by atoms with E-state index >= 15 is 0 Å². The second-order valence-corrected chi connectivity index (χ2v) is 11.7. The Morgan fingerprint density at radius 3 is 2.18 bits per heavy atom. The molecule has 0 bridgehead atoms. The highest BCUT2D eigenvalue weighted by Crippen LogP contribution is 2.27. The van der Waals surface area contributed by atoms with Crippen molar-refractivity contribution in [1.82, 2.24) is 4.90 Å². The third-order valence-corrected chi connectivity index (χ3v) is 6.71. The molecule has 5 heteroatoms. The maximum Gasteiger partial charge on any atom is 0.222 e. The first-order chi connectivity index (χ1) is 15.4. The predicted octanol–water partition coefficient (Wildman–Crippen LogP) is 5.41. The minimum absolute atomic E-state index is 0.00654. The number of amides is 2. The lowest BCUT2D eigenvalue weighted by atomic mass is 9.88. The highest BCUT2D eigenvalue weighted by molar-refractivity contribution is 5.78. The van der Waals surface area contributed by atoms with Crippen LogP contribution in [0.25, 0.3) is 0 Å². The van der Waals surface area contributed by atoms with Crippen LogP contribution in [0.5, 0.6) is 0 Å². The summed E-state index contributed by atoms with van der Waals surface area (Å²) in [5, 5.41) is 0. The van der Waals surface area contributed by atoms with Gasteiger partial charge >= 0.3 is 0 Å². The third kappa shape index (κ3) is 9.77. The molecule has 33 heavy (non-hydrogen) atoms. The molecule has 0 spiro atoms. The Balaban J connectivity index is 1.99. The standard InChI is InChI=1S/C28H47N3O2/c1-21(2)12-18-31(24-9-7-23(8-10-24)11-15-28(4,5)6)25-13-16-30(17-14-25)27(33)20-22(3)19-26(29)32/h7-10,21-22,25H,11-20H2,1-6H3,(H2,29,32). The smallest absolute Gasteiger partial charge is 0.222 e. The van der Waals surface area contributed by atoms with Crippen molar-refractivity contribution in [3.05, 3.63) is 29.8 Å². The number of piperidine rings is 1. The summed E-state index contributed by atoms with van der Waals surface area (Å²) in [6, 6.07) is 9.63. The van der Waals surface area contributed by atoms with E-state index in [9.17, 15) is 9.59 Å². The summed E-state index contributed by atoms with van der Waals surface area (Å²) in [6.07, 6.45) is 6.12. The van der Waals surface area contributed by atoms with E-state index in [1.807, 2.05) is 11.8 Å². The van der Waals surface area contributed by atoms with E-state index in [-0.39, 0.29) is 24.2 Å². The first kappa shape index (κ1) is 27.2. The zero-order valence-electron chi connectivity index (χ0n) is 21.9. The van der Waals surface area contributed by atoms with Gasteiger partial charge in [0.1, 0.15) is 0 Å². The average molecular weight is 458 g/mol. The van der Waals surface area contributed by atoms with E-state index in [2.05, 4.69) is 63.8 Å². The number of nitrogens with zero attached hydrogens (tertiary/aromatic N) is 2. The summed E-state index contributed by atoms with van der Waals surface area (Å²) in [7, 11) is 0. The van der Waals surface area contributed by atoms with Gasteiger partial charge in [0.05, 0.1) is 0 Å². The molecule has 1 fully saturated rings. The van der Waals surface area contributed by atoms with Gasteiger partial charge in [0, 0.05) is 44.2 Å². The maximum atomic E-state index is 12.7. The van der Waals surface area contributed by atoms with Crippen LogP contribution in [0.3, 0.4) is 0 Å². The molecule has 1 unspecified atom stereocenters. The number of hydrogen-bond donors (Lipinski definition) is 1. The van der Waals surface area contributed by atoms with Gasteiger partial charge in [-0.25, -0.2) is 0 Å². The minimum atomic E-state index is -0.334. The zero-order valence-corrected chi connectivity index (χ0v) is 21.9.